The van der Waals surface area contributed by atoms with E-state index >= 15 is 0 Å². The number of aromatic nitrogens is 2. The standard InChI is InChI=1S/C12H14N2O3S2/c1-2-3-5-9(11(15)16)19-12-14-13-10(17-12)8-6-4-7-18-8/h4,6-7,9H,2-3,5H2,1H3,(H,15,16). The molecule has 0 aliphatic carbocycles. The average Bonchev–Trinajstić information content (AvgIpc) is 3.04. The molecule has 1 atom stereocenters. The minimum absolute atomic E-state index is 0.312. The number of nitrogens with zero attached hydrogens (tertiary/aromatic N) is 2. The molecule has 1 N–H and O–H groups in total. The molecule has 0 saturated carbocycles. The van der Waals surface area contributed by atoms with E-state index < -0.39 is 11.2 Å². The highest BCUT2D eigenvalue weighted by atomic mass is 32.2. The third kappa shape index (κ3) is 3.81. The molecule has 2 rings (SSSR count). The number of carbonyl (C=O) groups is 1. The summed E-state index contributed by atoms with van der Waals surface area (Å²) >= 11 is 2.63. The molecule has 0 radical (unpaired) electrons. The van der Waals surface area contributed by atoms with Gasteiger partial charge in [0.1, 0.15) is 5.25 Å². The van der Waals surface area contributed by atoms with Crippen LogP contribution in [0.3, 0.4) is 0 Å². The van der Waals surface area contributed by atoms with E-state index in [-0.39, 0.29) is 0 Å². The number of carboxylic acid groups (broad SMARTS) is 1. The Balaban J connectivity index is 2.03. The first kappa shape index (κ1) is 14.1. The monoisotopic (exact) mass is 298 g/mol. The molecule has 2 aromatic heterocycles. The van der Waals surface area contributed by atoms with Crippen molar-refractivity contribution >= 4 is 29.1 Å². The number of rotatable bonds is 7. The Labute approximate surface area is 119 Å². The molecule has 1 unspecified atom stereocenters. The molecule has 2 aromatic rings. The van der Waals surface area contributed by atoms with Gasteiger partial charge >= 0.3 is 5.97 Å². The fraction of sp³-hybridized carbons (Fsp3) is 0.417. The molecular formula is C12H14N2O3S2. The van der Waals surface area contributed by atoms with Gasteiger partial charge in [-0.3, -0.25) is 4.79 Å². The molecule has 102 valence electrons. The normalized spacial score (nSPS) is 12.5. The third-order valence-corrected chi connectivity index (χ3v) is 4.42. The quantitative estimate of drug-likeness (QED) is 0.788. The molecular weight excluding hydrogens is 284 g/mol. The summed E-state index contributed by atoms with van der Waals surface area (Å²) in [6, 6.07) is 3.79. The lowest BCUT2D eigenvalue weighted by Crippen LogP contribution is -2.16. The fourth-order valence-corrected chi connectivity index (χ4v) is 2.99. The molecule has 5 nitrogen and oxygen atoms in total. The maximum Gasteiger partial charge on any atom is 0.317 e. The highest BCUT2D eigenvalue weighted by Crippen LogP contribution is 2.30. The first-order valence-corrected chi connectivity index (χ1v) is 7.73. The number of aliphatic carboxylic acids is 1. The van der Waals surface area contributed by atoms with E-state index in [1.165, 1.54) is 11.3 Å². The van der Waals surface area contributed by atoms with Gasteiger partial charge in [-0.15, -0.1) is 21.5 Å². The lowest BCUT2D eigenvalue weighted by molar-refractivity contribution is -0.136. The molecule has 0 bridgehead atoms. The Morgan fingerprint density at radius 1 is 1.58 bits per heavy atom. The van der Waals surface area contributed by atoms with Gasteiger partial charge < -0.3 is 9.52 Å². The van der Waals surface area contributed by atoms with Crippen molar-refractivity contribution in [1.82, 2.24) is 10.2 Å². The van der Waals surface area contributed by atoms with Crippen molar-refractivity contribution in [3.63, 3.8) is 0 Å². The van der Waals surface area contributed by atoms with E-state index in [0.29, 0.717) is 17.5 Å². The van der Waals surface area contributed by atoms with Crippen molar-refractivity contribution in [2.24, 2.45) is 0 Å². The van der Waals surface area contributed by atoms with Crippen LogP contribution >= 0.6 is 23.1 Å². The van der Waals surface area contributed by atoms with Gasteiger partial charge in [0.25, 0.3) is 11.1 Å². The average molecular weight is 298 g/mol. The number of thiophene rings is 1. The van der Waals surface area contributed by atoms with Crippen LogP contribution in [0.5, 0.6) is 0 Å². The maximum atomic E-state index is 11.1. The van der Waals surface area contributed by atoms with Gasteiger partial charge in [-0.1, -0.05) is 37.6 Å². The van der Waals surface area contributed by atoms with Crippen LogP contribution in [0.2, 0.25) is 0 Å². The summed E-state index contributed by atoms with van der Waals surface area (Å²) in [6.07, 6.45) is 2.44. The molecule has 0 amide bonds. The first-order valence-electron chi connectivity index (χ1n) is 5.97. The lowest BCUT2D eigenvalue weighted by Gasteiger charge is -2.07. The number of thioether (sulfide) groups is 1. The van der Waals surface area contributed by atoms with E-state index in [9.17, 15) is 4.79 Å². The Bertz CT molecular complexity index is 525. The molecule has 7 heteroatoms. The third-order valence-electron chi connectivity index (χ3n) is 2.48. The minimum Gasteiger partial charge on any atom is -0.480 e. The van der Waals surface area contributed by atoms with Gasteiger partial charge in [-0.25, -0.2) is 0 Å². The van der Waals surface area contributed by atoms with E-state index in [1.807, 2.05) is 24.4 Å². The van der Waals surface area contributed by atoms with Crippen molar-refractivity contribution in [1.29, 1.82) is 0 Å². The van der Waals surface area contributed by atoms with Crippen molar-refractivity contribution in [3.05, 3.63) is 17.5 Å². The SMILES string of the molecule is CCCCC(Sc1nnc(-c2cccs2)o1)C(=O)O. The summed E-state index contributed by atoms with van der Waals surface area (Å²) in [6.45, 7) is 2.03. The van der Waals surface area contributed by atoms with E-state index in [0.717, 1.165) is 29.5 Å². The summed E-state index contributed by atoms with van der Waals surface area (Å²) < 4.78 is 5.48. The molecule has 0 spiro atoms. The van der Waals surface area contributed by atoms with Gasteiger partial charge in [0.05, 0.1) is 4.88 Å². The van der Waals surface area contributed by atoms with Gasteiger partial charge in [0.15, 0.2) is 0 Å². The molecule has 0 aliphatic rings. The number of hydrogen-bond acceptors (Lipinski definition) is 6. The summed E-state index contributed by atoms with van der Waals surface area (Å²) in [5.41, 5.74) is 0. The van der Waals surface area contributed by atoms with Crippen LogP contribution < -0.4 is 0 Å². The molecule has 0 fully saturated rings. The van der Waals surface area contributed by atoms with E-state index in [4.69, 9.17) is 9.52 Å². The largest absolute Gasteiger partial charge is 0.480 e. The summed E-state index contributed by atoms with van der Waals surface area (Å²) in [7, 11) is 0. The van der Waals surface area contributed by atoms with Gasteiger partial charge in [-0.05, 0) is 17.9 Å². The van der Waals surface area contributed by atoms with E-state index in [1.54, 1.807) is 0 Å². The lowest BCUT2D eigenvalue weighted by atomic mass is 10.2. The Kier molecular flexibility index (Phi) is 4.98. The second-order valence-corrected chi connectivity index (χ2v) is 6.04. The second kappa shape index (κ2) is 6.72. The Morgan fingerprint density at radius 2 is 2.42 bits per heavy atom. The number of unbranched alkanes of at least 4 members (excludes halogenated alkanes) is 1. The highest BCUT2D eigenvalue weighted by Gasteiger charge is 2.22. The first-order chi connectivity index (χ1) is 9.20. The predicted octanol–water partition coefficient (Wildman–Crippen LogP) is 3.53. The molecule has 0 aromatic carbocycles. The zero-order valence-corrected chi connectivity index (χ0v) is 12.0. The van der Waals surface area contributed by atoms with Gasteiger partial charge in [-0.2, -0.15) is 0 Å². The van der Waals surface area contributed by atoms with Crippen molar-refractivity contribution in [3.8, 4) is 10.8 Å². The van der Waals surface area contributed by atoms with Crippen LogP contribution in [0.1, 0.15) is 26.2 Å². The topological polar surface area (TPSA) is 76.2 Å². The molecule has 19 heavy (non-hydrogen) atoms. The van der Waals surface area contributed by atoms with Crippen LogP contribution in [0.4, 0.5) is 0 Å². The van der Waals surface area contributed by atoms with Gasteiger partial charge in [0, 0.05) is 0 Å². The van der Waals surface area contributed by atoms with Gasteiger partial charge in [0.2, 0.25) is 0 Å². The smallest absolute Gasteiger partial charge is 0.317 e. The maximum absolute atomic E-state index is 11.1. The number of hydrogen-bond donors (Lipinski definition) is 1. The van der Waals surface area contributed by atoms with Crippen LogP contribution in [-0.2, 0) is 4.79 Å². The van der Waals surface area contributed by atoms with Crippen LogP contribution in [0, 0.1) is 0 Å². The summed E-state index contributed by atoms with van der Waals surface area (Å²) in [4.78, 5) is 12.0. The van der Waals surface area contributed by atoms with Crippen molar-refractivity contribution in [2.45, 2.75) is 36.7 Å². The summed E-state index contributed by atoms with van der Waals surface area (Å²) in [5.74, 6) is -0.397. The van der Waals surface area contributed by atoms with E-state index in [2.05, 4.69) is 10.2 Å². The second-order valence-electron chi connectivity index (χ2n) is 3.94. The zero-order valence-electron chi connectivity index (χ0n) is 10.4. The number of carboxylic acids is 1. The van der Waals surface area contributed by atoms with Crippen molar-refractivity contribution < 1.29 is 14.3 Å². The Hall–Kier alpha value is -1.34. The highest BCUT2D eigenvalue weighted by molar-refractivity contribution is 8.00. The Morgan fingerprint density at radius 3 is 3.05 bits per heavy atom. The zero-order chi connectivity index (χ0) is 13.7. The predicted molar refractivity (Wildman–Crippen MR) is 74.4 cm³/mol. The van der Waals surface area contributed by atoms with Crippen LogP contribution in [0.15, 0.2) is 27.2 Å². The minimum atomic E-state index is -0.839. The fourth-order valence-electron chi connectivity index (χ4n) is 1.50. The molecule has 0 saturated heterocycles. The molecule has 2 heterocycles. The summed E-state index contributed by atoms with van der Waals surface area (Å²) in [5, 5.41) is 18.7. The molecule has 0 aliphatic heterocycles. The van der Waals surface area contributed by atoms with Crippen LogP contribution in [-0.4, -0.2) is 26.5 Å². The van der Waals surface area contributed by atoms with Crippen molar-refractivity contribution in [2.75, 3.05) is 0 Å². The van der Waals surface area contributed by atoms with Crippen LogP contribution in [0.25, 0.3) is 10.8 Å².